The number of carbonyl (C=O) groups is 1. The number of esters is 1. The molecule has 0 aromatic heterocycles. The fourth-order valence-corrected chi connectivity index (χ4v) is 1.73. The summed E-state index contributed by atoms with van der Waals surface area (Å²) in [6.45, 7) is 6.50. The summed E-state index contributed by atoms with van der Waals surface area (Å²) in [7, 11) is 1.44. The van der Waals surface area contributed by atoms with Gasteiger partial charge < -0.3 is 9.47 Å². The Kier molecular flexibility index (Phi) is 4.35. The van der Waals surface area contributed by atoms with Crippen LogP contribution in [0.25, 0.3) is 0 Å². The van der Waals surface area contributed by atoms with E-state index < -0.39 is 0 Å². The Hall–Kier alpha value is -0.610. The largest absolute Gasteiger partial charge is 0.468 e. The maximum absolute atomic E-state index is 11.2. The number of nitrogens with zero attached hydrogens (tertiary/aromatic N) is 1. The zero-order chi connectivity index (χ0) is 10.6. The molecule has 4 nitrogen and oxygen atoms in total. The van der Waals surface area contributed by atoms with E-state index in [1.54, 1.807) is 0 Å². The monoisotopic (exact) mass is 201 g/mol. The lowest BCUT2D eigenvalue weighted by Crippen LogP contribution is -2.55. The Bertz CT molecular complexity index is 196. The topological polar surface area (TPSA) is 38.8 Å². The minimum Gasteiger partial charge on any atom is -0.468 e. The van der Waals surface area contributed by atoms with Crippen LogP contribution in [0.1, 0.15) is 20.3 Å². The van der Waals surface area contributed by atoms with Crippen molar-refractivity contribution in [3.63, 3.8) is 0 Å². The van der Waals surface area contributed by atoms with Crippen molar-refractivity contribution in [2.45, 2.75) is 32.4 Å². The predicted octanol–water partition coefficient (Wildman–Crippen LogP) is 0.659. The van der Waals surface area contributed by atoms with Gasteiger partial charge in [-0.15, -0.1) is 0 Å². The van der Waals surface area contributed by atoms with Gasteiger partial charge in [-0.2, -0.15) is 0 Å². The summed E-state index contributed by atoms with van der Waals surface area (Å²) in [6, 6.07) is -0.0390. The molecule has 0 aliphatic carbocycles. The fraction of sp³-hybridized carbons (Fsp3) is 0.900. The highest BCUT2D eigenvalue weighted by molar-refractivity contribution is 5.76. The molecule has 1 aliphatic heterocycles. The van der Waals surface area contributed by atoms with Crippen LogP contribution >= 0.6 is 0 Å². The first-order valence-corrected chi connectivity index (χ1v) is 5.12. The first-order chi connectivity index (χ1) is 6.69. The molecule has 0 aromatic rings. The molecular weight excluding hydrogens is 182 g/mol. The number of methoxy groups -OCH3 is 1. The fourth-order valence-electron chi connectivity index (χ4n) is 1.73. The van der Waals surface area contributed by atoms with E-state index in [9.17, 15) is 4.79 Å². The van der Waals surface area contributed by atoms with Crippen LogP contribution in [0.4, 0.5) is 0 Å². The van der Waals surface area contributed by atoms with Gasteiger partial charge in [0.2, 0.25) is 0 Å². The van der Waals surface area contributed by atoms with E-state index in [-0.39, 0.29) is 18.1 Å². The normalized spacial score (nSPS) is 24.1. The first-order valence-electron chi connectivity index (χ1n) is 5.12. The van der Waals surface area contributed by atoms with Gasteiger partial charge in [0.25, 0.3) is 0 Å². The number of rotatable bonds is 5. The van der Waals surface area contributed by atoms with Crippen LogP contribution in [-0.4, -0.2) is 49.8 Å². The van der Waals surface area contributed by atoms with Crippen molar-refractivity contribution in [3.8, 4) is 0 Å². The Morgan fingerprint density at radius 1 is 1.64 bits per heavy atom. The molecule has 1 aliphatic rings. The maximum Gasteiger partial charge on any atom is 0.323 e. The second kappa shape index (κ2) is 5.32. The van der Waals surface area contributed by atoms with Gasteiger partial charge in [-0.1, -0.05) is 0 Å². The molecule has 0 saturated carbocycles. The minimum absolute atomic E-state index is 0.0390. The molecule has 1 heterocycles. The molecule has 0 spiro atoms. The Morgan fingerprint density at radius 2 is 2.36 bits per heavy atom. The number of likely N-dealkylation sites (tertiary alicyclic amines) is 1. The van der Waals surface area contributed by atoms with Crippen LogP contribution in [0.5, 0.6) is 0 Å². The average molecular weight is 201 g/mol. The second-order valence-electron chi connectivity index (χ2n) is 3.59. The van der Waals surface area contributed by atoms with Crippen molar-refractivity contribution in [1.82, 2.24) is 4.90 Å². The molecular formula is C10H19NO3. The van der Waals surface area contributed by atoms with Crippen molar-refractivity contribution in [2.75, 3.05) is 26.8 Å². The van der Waals surface area contributed by atoms with Gasteiger partial charge in [0.15, 0.2) is 0 Å². The third kappa shape index (κ3) is 2.69. The number of ether oxygens (including phenoxy) is 2. The predicted molar refractivity (Wildman–Crippen MR) is 53.1 cm³/mol. The summed E-state index contributed by atoms with van der Waals surface area (Å²) < 4.78 is 10.1. The molecule has 0 amide bonds. The lowest BCUT2D eigenvalue weighted by Gasteiger charge is -2.39. The molecule has 0 bridgehead atoms. The van der Waals surface area contributed by atoms with Crippen LogP contribution in [0.2, 0.25) is 0 Å². The summed E-state index contributed by atoms with van der Waals surface area (Å²) in [6.07, 6.45) is 1.10. The molecule has 82 valence electrons. The van der Waals surface area contributed by atoms with Gasteiger partial charge >= 0.3 is 5.97 Å². The highest BCUT2D eigenvalue weighted by atomic mass is 16.5. The third-order valence-corrected chi connectivity index (χ3v) is 2.55. The van der Waals surface area contributed by atoms with Crippen molar-refractivity contribution in [1.29, 1.82) is 0 Å². The first kappa shape index (κ1) is 11.5. The van der Waals surface area contributed by atoms with Crippen LogP contribution in [0.15, 0.2) is 0 Å². The minimum atomic E-state index is -0.125. The maximum atomic E-state index is 11.2. The zero-order valence-corrected chi connectivity index (χ0v) is 9.16. The molecule has 14 heavy (non-hydrogen) atoms. The van der Waals surface area contributed by atoms with Crippen molar-refractivity contribution in [2.24, 2.45) is 0 Å². The van der Waals surface area contributed by atoms with E-state index in [0.29, 0.717) is 0 Å². The summed E-state index contributed by atoms with van der Waals surface area (Å²) in [5.74, 6) is -0.125. The molecule has 2 unspecified atom stereocenters. The Balaban J connectivity index is 2.28. The van der Waals surface area contributed by atoms with Crippen LogP contribution in [-0.2, 0) is 14.3 Å². The van der Waals surface area contributed by atoms with Crippen molar-refractivity contribution < 1.29 is 14.3 Å². The molecule has 1 rings (SSSR count). The number of carbonyl (C=O) groups excluding carboxylic acids is 1. The van der Waals surface area contributed by atoms with Crippen LogP contribution in [0, 0.1) is 0 Å². The zero-order valence-electron chi connectivity index (χ0n) is 9.16. The van der Waals surface area contributed by atoms with E-state index >= 15 is 0 Å². The lowest BCUT2D eigenvalue weighted by molar-refractivity contribution is -0.153. The Labute approximate surface area is 85.2 Å². The summed E-state index contributed by atoms with van der Waals surface area (Å²) in [4.78, 5) is 13.3. The molecule has 1 saturated heterocycles. The van der Waals surface area contributed by atoms with Crippen molar-refractivity contribution >= 4 is 5.97 Å². The van der Waals surface area contributed by atoms with Gasteiger partial charge in [-0.25, -0.2) is 0 Å². The van der Waals surface area contributed by atoms with Gasteiger partial charge in [-0.05, 0) is 20.3 Å². The van der Waals surface area contributed by atoms with Crippen LogP contribution < -0.4 is 0 Å². The summed E-state index contributed by atoms with van der Waals surface area (Å²) >= 11 is 0. The summed E-state index contributed by atoms with van der Waals surface area (Å²) in [5, 5.41) is 0. The van der Waals surface area contributed by atoms with E-state index in [2.05, 4.69) is 4.90 Å². The highest BCUT2D eigenvalue weighted by Gasteiger charge is 2.35. The number of hydrogen-bond acceptors (Lipinski definition) is 4. The molecule has 0 aromatic carbocycles. The SMILES string of the molecule is CCOC(C)CN1CCC1C(=O)OC. The average Bonchev–Trinajstić information content (AvgIpc) is 2.13. The summed E-state index contributed by atoms with van der Waals surface area (Å²) in [5.41, 5.74) is 0. The van der Waals surface area contributed by atoms with Gasteiger partial charge in [-0.3, -0.25) is 9.69 Å². The molecule has 4 heteroatoms. The van der Waals surface area contributed by atoms with Crippen molar-refractivity contribution in [3.05, 3.63) is 0 Å². The standard InChI is InChI=1S/C10H19NO3/c1-4-14-8(2)7-11-6-5-9(11)10(12)13-3/h8-9H,4-7H2,1-3H3. The highest BCUT2D eigenvalue weighted by Crippen LogP contribution is 2.19. The third-order valence-electron chi connectivity index (χ3n) is 2.55. The quantitative estimate of drug-likeness (QED) is 0.612. The van der Waals surface area contributed by atoms with Crippen LogP contribution in [0.3, 0.4) is 0 Å². The van der Waals surface area contributed by atoms with E-state index in [4.69, 9.17) is 9.47 Å². The molecule has 1 fully saturated rings. The van der Waals surface area contributed by atoms with E-state index in [1.165, 1.54) is 7.11 Å². The lowest BCUT2D eigenvalue weighted by atomic mass is 10.0. The van der Waals surface area contributed by atoms with E-state index in [1.807, 2.05) is 13.8 Å². The molecule has 2 atom stereocenters. The van der Waals surface area contributed by atoms with Gasteiger partial charge in [0.1, 0.15) is 6.04 Å². The molecule has 0 N–H and O–H groups in total. The van der Waals surface area contributed by atoms with Gasteiger partial charge in [0.05, 0.1) is 13.2 Å². The smallest absolute Gasteiger partial charge is 0.323 e. The van der Waals surface area contributed by atoms with E-state index in [0.717, 1.165) is 26.1 Å². The van der Waals surface area contributed by atoms with Gasteiger partial charge in [0, 0.05) is 19.7 Å². The number of hydrogen-bond donors (Lipinski definition) is 0. The second-order valence-corrected chi connectivity index (χ2v) is 3.59. The molecule has 0 radical (unpaired) electrons. The Morgan fingerprint density at radius 3 is 2.79 bits per heavy atom.